The Bertz CT molecular complexity index is 1210. The maximum absolute atomic E-state index is 13.3. The first-order valence-electron chi connectivity index (χ1n) is 13.2. The van der Waals surface area contributed by atoms with Crippen molar-refractivity contribution in [2.75, 3.05) is 26.7 Å². The van der Waals surface area contributed by atoms with Gasteiger partial charge in [-0.3, -0.25) is 4.90 Å². The smallest absolute Gasteiger partial charge is 0.475 e. The molecule has 3 aliphatic rings. The summed E-state index contributed by atoms with van der Waals surface area (Å²) in [6.45, 7) is 8.49. The summed E-state index contributed by atoms with van der Waals surface area (Å²) in [5.41, 5.74) is 4.19. The largest absolute Gasteiger partial charge is 0.490 e. The van der Waals surface area contributed by atoms with Crippen LogP contribution < -0.4 is 0 Å². The van der Waals surface area contributed by atoms with Gasteiger partial charge in [-0.2, -0.15) is 26.3 Å². The van der Waals surface area contributed by atoms with Gasteiger partial charge in [0.1, 0.15) is 11.6 Å². The highest BCUT2D eigenvalue weighted by Crippen LogP contribution is 2.43. The van der Waals surface area contributed by atoms with E-state index in [-0.39, 0.29) is 11.2 Å². The molecule has 2 N–H and O–H groups in total. The standard InChI is InChI=1S/C23H31FN4.2C2HF3O2/c1-17-25-22-21(28(17)14-19-3-4-19)15-27(13-18-5-7-20(24)8-6-18)16-23(22)9-11-26(2)12-10-23;2*3-2(4,5)1(6)7/h5-8,19H,3-4,9-16H2,1-2H3;2*(H,6,7). The fourth-order valence-electron chi connectivity index (χ4n) is 5.17. The van der Waals surface area contributed by atoms with E-state index in [1.54, 1.807) is 12.1 Å². The minimum atomic E-state index is -5.08. The topological polar surface area (TPSA) is 98.9 Å². The Morgan fingerprint density at radius 3 is 1.93 bits per heavy atom. The van der Waals surface area contributed by atoms with Crippen molar-refractivity contribution in [2.45, 2.75) is 70.0 Å². The summed E-state index contributed by atoms with van der Waals surface area (Å²) in [4.78, 5) is 28.0. The van der Waals surface area contributed by atoms with Crippen LogP contribution in [0.1, 0.15) is 48.5 Å². The van der Waals surface area contributed by atoms with Gasteiger partial charge in [0.2, 0.25) is 0 Å². The molecule has 0 radical (unpaired) electrons. The number of hydrogen-bond donors (Lipinski definition) is 2. The monoisotopic (exact) mass is 610 g/mol. The number of rotatable bonds is 4. The molecule has 42 heavy (non-hydrogen) atoms. The van der Waals surface area contributed by atoms with Crippen molar-refractivity contribution in [1.29, 1.82) is 0 Å². The number of imidazole rings is 1. The molecule has 2 aliphatic heterocycles. The first-order chi connectivity index (χ1) is 19.4. The first-order valence-corrected chi connectivity index (χ1v) is 13.2. The maximum atomic E-state index is 13.3. The lowest BCUT2D eigenvalue weighted by atomic mass is 9.72. The van der Waals surface area contributed by atoms with Crippen molar-refractivity contribution in [3.63, 3.8) is 0 Å². The van der Waals surface area contributed by atoms with Crippen molar-refractivity contribution in [1.82, 2.24) is 19.4 Å². The van der Waals surface area contributed by atoms with Crippen molar-refractivity contribution >= 4 is 11.9 Å². The lowest BCUT2D eigenvalue weighted by Crippen LogP contribution is -2.51. The van der Waals surface area contributed by atoms with Gasteiger partial charge in [-0.25, -0.2) is 19.0 Å². The molecule has 8 nitrogen and oxygen atoms in total. The predicted octanol–water partition coefficient (Wildman–Crippen LogP) is 4.99. The highest BCUT2D eigenvalue weighted by atomic mass is 19.4. The molecule has 1 aromatic heterocycles. The Labute approximate surface area is 237 Å². The number of aryl methyl sites for hydroxylation is 1. The van der Waals surface area contributed by atoms with Crippen LogP contribution in [0.4, 0.5) is 30.7 Å². The number of halogens is 7. The number of hydrogen-bond acceptors (Lipinski definition) is 5. The first kappa shape index (κ1) is 33.3. The molecule has 1 saturated heterocycles. The van der Waals surface area contributed by atoms with Gasteiger partial charge in [0.05, 0.1) is 11.4 Å². The average molecular weight is 611 g/mol. The second kappa shape index (κ2) is 13.0. The van der Waals surface area contributed by atoms with Gasteiger partial charge < -0.3 is 19.7 Å². The van der Waals surface area contributed by atoms with Crippen LogP contribution in [-0.4, -0.2) is 80.5 Å². The van der Waals surface area contributed by atoms with Crippen LogP contribution in [0.15, 0.2) is 24.3 Å². The Morgan fingerprint density at radius 2 is 1.48 bits per heavy atom. The van der Waals surface area contributed by atoms with E-state index < -0.39 is 24.3 Å². The third kappa shape index (κ3) is 8.90. The van der Waals surface area contributed by atoms with Crippen LogP contribution in [0.5, 0.6) is 0 Å². The molecule has 15 heteroatoms. The van der Waals surface area contributed by atoms with Gasteiger partial charge in [-0.15, -0.1) is 0 Å². The van der Waals surface area contributed by atoms with Crippen molar-refractivity contribution in [2.24, 2.45) is 5.92 Å². The molecule has 2 aromatic rings. The summed E-state index contributed by atoms with van der Waals surface area (Å²) in [5.74, 6) is -3.63. The summed E-state index contributed by atoms with van der Waals surface area (Å²) >= 11 is 0. The van der Waals surface area contributed by atoms with Crippen LogP contribution in [0.3, 0.4) is 0 Å². The van der Waals surface area contributed by atoms with E-state index in [0.29, 0.717) is 0 Å². The third-order valence-corrected chi connectivity index (χ3v) is 7.55. The number of carbonyl (C=O) groups is 2. The lowest BCUT2D eigenvalue weighted by molar-refractivity contribution is -0.193. The number of carboxylic acid groups (broad SMARTS) is 2. The number of aromatic nitrogens is 2. The summed E-state index contributed by atoms with van der Waals surface area (Å²) in [5, 5.41) is 14.2. The SMILES string of the molecule is Cc1nc2c(n1CC1CC1)CN(Cc1ccc(F)cc1)CC21CCN(C)CC1.O=C(O)C(F)(F)F.O=C(O)C(F)(F)F. The number of nitrogens with zero attached hydrogens (tertiary/aromatic N) is 4. The van der Waals surface area contributed by atoms with Crippen LogP contribution in [-0.2, 0) is 34.6 Å². The molecule has 234 valence electrons. The molecule has 0 amide bonds. The highest BCUT2D eigenvalue weighted by Gasteiger charge is 2.45. The van der Waals surface area contributed by atoms with E-state index in [1.165, 1.54) is 48.5 Å². The molecular weight excluding hydrogens is 577 g/mol. The molecule has 1 aliphatic carbocycles. The van der Waals surface area contributed by atoms with Crippen LogP contribution in [0.25, 0.3) is 0 Å². The Kier molecular flexibility index (Phi) is 10.3. The number of piperidine rings is 1. The number of likely N-dealkylation sites (tertiary alicyclic amines) is 1. The molecule has 0 bridgehead atoms. The summed E-state index contributed by atoms with van der Waals surface area (Å²) in [6.07, 6.45) is -5.09. The van der Waals surface area contributed by atoms with Gasteiger partial charge in [0, 0.05) is 31.6 Å². The third-order valence-electron chi connectivity index (χ3n) is 7.55. The molecular formula is C27H33F7N4O4. The van der Waals surface area contributed by atoms with Gasteiger partial charge in [0.25, 0.3) is 0 Å². The minimum Gasteiger partial charge on any atom is -0.475 e. The second-order valence-corrected chi connectivity index (χ2v) is 11.0. The zero-order valence-electron chi connectivity index (χ0n) is 23.1. The Balaban J connectivity index is 0.000000289. The van der Waals surface area contributed by atoms with Crippen molar-refractivity contribution in [3.05, 3.63) is 52.9 Å². The van der Waals surface area contributed by atoms with E-state index in [0.717, 1.165) is 45.2 Å². The summed E-state index contributed by atoms with van der Waals surface area (Å²) in [6, 6.07) is 7.02. The minimum absolute atomic E-state index is 0.158. The Hall–Kier alpha value is -3.20. The molecule has 3 heterocycles. The predicted molar refractivity (Wildman–Crippen MR) is 136 cm³/mol. The quantitative estimate of drug-likeness (QED) is 0.471. The van der Waals surface area contributed by atoms with E-state index in [9.17, 15) is 30.7 Å². The maximum Gasteiger partial charge on any atom is 0.490 e. The molecule has 1 aromatic carbocycles. The summed E-state index contributed by atoms with van der Waals surface area (Å²) in [7, 11) is 2.23. The fraction of sp³-hybridized carbons (Fsp3) is 0.593. The molecule has 0 unspecified atom stereocenters. The number of benzene rings is 1. The van der Waals surface area contributed by atoms with Crippen molar-refractivity contribution < 1.29 is 50.5 Å². The number of carboxylic acids is 2. The normalized spacial score (nSPS) is 18.8. The summed E-state index contributed by atoms with van der Waals surface area (Å²) < 4.78 is 79.3. The van der Waals surface area contributed by atoms with Gasteiger partial charge in [-0.1, -0.05) is 12.1 Å². The van der Waals surface area contributed by atoms with Gasteiger partial charge in [-0.05, 0) is 76.4 Å². The van der Waals surface area contributed by atoms with E-state index in [4.69, 9.17) is 24.8 Å². The van der Waals surface area contributed by atoms with Crippen LogP contribution >= 0.6 is 0 Å². The number of alkyl halides is 6. The highest BCUT2D eigenvalue weighted by molar-refractivity contribution is 5.73. The Morgan fingerprint density at radius 1 is 0.976 bits per heavy atom. The van der Waals surface area contributed by atoms with Crippen molar-refractivity contribution in [3.8, 4) is 0 Å². The fourth-order valence-corrected chi connectivity index (χ4v) is 5.17. The van der Waals surface area contributed by atoms with Crippen LogP contribution in [0, 0.1) is 18.7 Å². The zero-order valence-corrected chi connectivity index (χ0v) is 23.1. The van der Waals surface area contributed by atoms with E-state index in [1.807, 2.05) is 12.1 Å². The molecule has 5 rings (SSSR count). The number of aliphatic carboxylic acids is 2. The number of fused-ring (bicyclic) bond motifs is 2. The molecule has 0 atom stereocenters. The van der Waals surface area contributed by atoms with Gasteiger partial charge in [0.15, 0.2) is 0 Å². The molecule has 1 spiro atoms. The van der Waals surface area contributed by atoms with E-state index >= 15 is 0 Å². The molecule has 2 fully saturated rings. The second-order valence-electron chi connectivity index (χ2n) is 11.0. The van der Waals surface area contributed by atoms with Crippen LogP contribution in [0.2, 0.25) is 0 Å². The lowest BCUT2D eigenvalue weighted by Gasteiger charge is -2.46. The molecule has 1 saturated carbocycles. The average Bonchev–Trinajstić information content (AvgIpc) is 3.65. The van der Waals surface area contributed by atoms with Gasteiger partial charge >= 0.3 is 24.3 Å². The zero-order chi connectivity index (χ0) is 31.5. The van der Waals surface area contributed by atoms with E-state index in [2.05, 4.69) is 28.3 Å².